The molecule has 1 atom stereocenters. The third-order valence-electron chi connectivity index (χ3n) is 3.95. The highest BCUT2D eigenvalue weighted by Gasteiger charge is 2.17. The van der Waals surface area contributed by atoms with Crippen LogP contribution in [0.4, 0.5) is 4.79 Å². The Kier molecular flexibility index (Phi) is 6.31. The number of nitrogens with zero attached hydrogens (tertiary/aromatic N) is 2. The van der Waals surface area contributed by atoms with Crippen molar-refractivity contribution in [2.45, 2.75) is 26.2 Å². The van der Waals surface area contributed by atoms with Crippen molar-refractivity contribution in [1.29, 1.82) is 0 Å². The van der Waals surface area contributed by atoms with Gasteiger partial charge in [-0.15, -0.1) is 0 Å². The fraction of sp³-hybridized carbons (Fsp3) is 0.929. The van der Waals surface area contributed by atoms with E-state index in [0.29, 0.717) is 0 Å². The summed E-state index contributed by atoms with van der Waals surface area (Å²) in [5, 5.41) is 3.08. The van der Waals surface area contributed by atoms with Gasteiger partial charge in [0, 0.05) is 38.5 Å². The summed E-state index contributed by atoms with van der Waals surface area (Å²) in [4.78, 5) is 16.5. The summed E-state index contributed by atoms with van der Waals surface area (Å²) in [6.07, 6.45) is 3.79. The Balaban J connectivity index is 1.62. The van der Waals surface area contributed by atoms with E-state index in [0.717, 1.165) is 44.3 Å². The largest absolute Gasteiger partial charge is 0.337 e. The first-order valence-electron chi connectivity index (χ1n) is 7.58. The van der Waals surface area contributed by atoms with E-state index >= 15 is 0 Å². The number of urea groups is 1. The lowest BCUT2D eigenvalue weighted by Crippen LogP contribution is -2.45. The zero-order chi connectivity index (χ0) is 13.5. The highest BCUT2D eigenvalue weighted by Crippen LogP contribution is 2.14. The van der Waals surface area contributed by atoms with Crippen LogP contribution in [0.1, 0.15) is 26.2 Å². The van der Waals surface area contributed by atoms with Crippen molar-refractivity contribution in [3.05, 3.63) is 0 Å². The molecule has 0 aromatic heterocycles. The maximum Gasteiger partial charge on any atom is 0.317 e. The van der Waals surface area contributed by atoms with Gasteiger partial charge in [-0.25, -0.2) is 4.79 Å². The van der Waals surface area contributed by atoms with E-state index in [1.165, 1.54) is 31.7 Å². The molecule has 5 heteroatoms. The number of thioether (sulfide) groups is 1. The number of amides is 2. The van der Waals surface area contributed by atoms with Crippen LogP contribution in [0.25, 0.3) is 0 Å². The number of rotatable bonds is 3. The zero-order valence-corrected chi connectivity index (χ0v) is 12.9. The summed E-state index contributed by atoms with van der Waals surface area (Å²) in [7, 11) is 0. The number of carbonyl (C=O) groups excluding carboxylic acids is 1. The molecule has 0 spiro atoms. The van der Waals surface area contributed by atoms with Gasteiger partial charge in [-0.2, -0.15) is 11.8 Å². The van der Waals surface area contributed by atoms with Crippen LogP contribution >= 0.6 is 11.8 Å². The van der Waals surface area contributed by atoms with Crippen LogP contribution in [-0.2, 0) is 0 Å². The van der Waals surface area contributed by atoms with Gasteiger partial charge in [0.05, 0.1) is 0 Å². The van der Waals surface area contributed by atoms with E-state index in [2.05, 4.69) is 17.1 Å². The highest BCUT2D eigenvalue weighted by molar-refractivity contribution is 7.99. The minimum absolute atomic E-state index is 0.132. The van der Waals surface area contributed by atoms with E-state index in [-0.39, 0.29) is 6.03 Å². The van der Waals surface area contributed by atoms with Gasteiger partial charge >= 0.3 is 6.03 Å². The zero-order valence-electron chi connectivity index (χ0n) is 12.1. The fourth-order valence-electron chi connectivity index (χ4n) is 2.87. The van der Waals surface area contributed by atoms with Crippen molar-refractivity contribution >= 4 is 17.8 Å². The molecule has 2 amide bonds. The molecule has 110 valence electrons. The van der Waals surface area contributed by atoms with Gasteiger partial charge in [0.25, 0.3) is 0 Å². The SMILES string of the molecule is CC1CCCN(CCNC(=O)N2CCCSCC2)C1. The Labute approximate surface area is 121 Å². The average molecular weight is 285 g/mol. The van der Waals surface area contributed by atoms with E-state index in [4.69, 9.17) is 0 Å². The lowest BCUT2D eigenvalue weighted by atomic mass is 10.0. The van der Waals surface area contributed by atoms with Gasteiger partial charge in [-0.05, 0) is 37.5 Å². The van der Waals surface area contributed by atoms with E-state index in [9.17, 15) is 4.79 Å². The molecule has 2 aliphatic heterocycles. The number of likely N-dealkylation sites (tertiary alicyclic amines) is 1. The van der Waals surface area contributed by atoms with Crippen molar-refractivity contribution in [1.82, 2.24) is 15.1 Å². The van der Waals surface area contributed by atoms with Gasteiger partial charge in [0.2, 0.25) is 0 Å². The normalized spacial score (nSPS) is 25.9. The summed E-state index contributed by atoms with van der Waals surface area (Å²) in [5.74, 6) is 3.08. The molecule has 2 fully saturated rings. The van der Waals surface area contributed by atoms with Crippen molar-refractivity contribution in [3.63, 3.8) is 0 Å². The lowest BCUT2D eigenvalue weighted by Gasteiger charge is -2.31. The maximum absolute atomic E-state index is 12.0. The monoisotopic (exact) mass is 285 g/mol. The molecule has 0 aromatic rings. The molecule has 0 radical (unpaired) electrons. The van der Waals surface area contributed by atoms with Gasteiger partial charge in [0.1, 0.15) is 0 Å². The minimum Gasteiger partial charge on any atom is -0.337 e. The highest BCUT2D eigenvalue weighted by atomic mass is 32.2. The second-order valence-corrected chi connectivity index (χ2v) is 6.96. The summed E-state index contributed by atoms with van der Waals surface area (Å²) in [5.41, 5.74) is 0. The Morgan fingerprint density at radius 3 is 3.00 bits per heavy atom. The topological polar surface area (TPSA) is 35.6 Å². The van der Waals surface area contributed by atoms with E-state index in [1.807, 2.05) is 16.7 Å². The fourth-order valence-corrected chi connectivity index (χ4v) is 3.76. The molecular weight excluding hydrogens is 258 g/mol. The van der Waals surface area contributed by atoms with Crippen LogP contribution < -0.4 is 5.32 Å². The maximum atomic E-state index is 12.0. The molecule has 1 N–H and O–H groups in total. The lowest BCUT2D eigenvalue weighted by molar-refractivity contribution is 0.177. The molecule has 1 unspecified atom stereocenters. The van der Waals surface area contributed by atoms with Gasteiger partial charge < -0.3 is 15.1 Å². The van der Waals surface area contributed by atoms with Crippen molar-refractivity contribution in [2.24, 2.45) is 5.92 Å². The predicted octanol–water partition coefficient (Wildman–Crippen LogP) is 1.87. The Hall–Kier alpha value is -0.420. The molecule has 2 aliphatic rings. The van der Waals surface area contributed by atoms with Gasteiger partial charge in [0.15, 0.2) is 0 Å². The van der Waals surface area contributed by atoms with Crippen LogP contribution in [0, 0.1) is 5.92 Å². The first-order valence-corrected chi connectivity index (χ1v) is 8.74. The first-order chi connectivity index (χ1) is 9.25. The summed E-state index contributed by atoms with van der Waals surface area (Å²) in [6, 6.07) is 0.132. The van der Waals surface area contributed by atoms with Crippen LogP contribution in [-0.4, -0.2) is 66.6 Å². The summed E-state index contributed by atoms with van der Waals surface area (Å²) < 4.78 is 0. The third kappa shape index (κ3) is 5.22. The van der Waals surface area contributed by atoms with E-state index in [1.54, 1.807) is 0 Å². The number of hydrogen-bond acceptors (Lipinski definition) is 3. The summed E-state index contributed by atoms with van der Waals surface area (Å²) in [6.45, 7) is 8.31. The van der Waals surface area contributed by atoms with Crippen LogP contribution in [0.5, 0.6) is 0 Å². The van der Waals surface area contributed by atoms with Crippen LogP contribution in [0.15, 0.2) is 0 Å². The Morgan fingerprint density at radius 2 is 2.16 bits per heavy atom. The minimum atomic E-state index is 0.132. The number of carbonyl (C=O) groups is 1. The summed E-state index contributed by atoms with van der Waals surface area (Å²) >= 11 is 1.95. The van der Waals surface area contributed by atoms with Crippen molar-refractivity contribution in [3.8, 4) is 0 Å². The Bertz CT molecular complexity index is 280. The third-order valence-corrected chi connectivity index (χ3v) is 5.00. The molecule has 0 saturated carbocycles. The quantitative estimate of drug-likeness (QED) is 0.860. The molecule has 19 heavy (non-hydrogen) atoms. The standard InChI is InChI=1S/C14H27N3OS/c1-13-4-2-6-16(12-13)8-5-15-14(18)17-7-3-10-19-11-9-17/h13H,2-12H2,1H3,(H,15,18). The number of nitrogens with one attached hydrogen (secondary N) is 1. The molecule has 2 rings (SSSR count). The number of hydrogen-bond donors (Lipinski definition) is 1. The second-order valence-electron chi connectivity index (χ2n) is 5.73. The Morgan fingerprint density at radius 1 is 1.26 bits per heavy atom. The molecule has 0 aromatic carbocycles. The van der Waals surface area contributed by atoms with Crippen molar-refractivity contribution < 1.29 is 4.79 Å². The van der Waals surface area contributed by atoms with Crippen LogP contribution in [0.2, 0.25) is 0 Å². The van der Waals surface area contributed by atoms with Crippen molar-refractivity contribution in [2.75, 3.05) is 50.8 Å². The predicted molar refractivity (Wildman–Crippen MR) is 81.8 cm³/mol. The first kappa shape index (κ1) is 15.0. The van der Waals surface area contributed by atoms with E-state index < -0.39 is 0 Å². The number of piperidine rings is 1. The molecule has 2 heterocycles. The average Bonchev–Trinajstić information content (AvgIpc) is 2.67. The van der Waals surface area contributed by atoms with Gasteiger partial charge in [-0.3, -0.25) is 0 Å². The molecule has 0 aliphatic carbocycles. The molecule has 4 nitrogen and oxygen atoms in total. The van der Waals surface area contributed by atoms with Crippen LogP contribution in [0.3, 0.4) is 0 Å². The van der Waals surface area contributed by atoms with Gasteiger partial charge in [-0.1, -0.05) is 6.92 Å². The molecular formula is C14H27N3OS. The molecule has 0 bridgehead atoms. The molecule has 2 saturated heterocycles. The second kappa shape index (κ2) is 8.00. The smallest absolute Gasteiger partial charge is 0.317 e.